The van der Waals surface area contributed by atoms with Crippen molar-refractivity contribution in [2.75, 3.05) is 20.2 Å². The van der Waals surface area contributed by atoms with Gasteiger partial charge in [-0.3, -0.25) is 4.79 Å². The number of benzene rings is 1. The SMILES string of the molecule is COC(=O)C(Cc1ccccc1)NCCN=[N+]=[N-]. The van der Waals surface area contributed by atoms with Crippen molar-refractivity contribution in [3.8, 4) is 0 Å². The van der Waals surface area contributed by atoms with E-state index in [1.807, 2.05) is 30.3 Å². The molecule has 6 heteroatoms. The first-order valence-corrected chi connectivity index (χ1v) is 5.64. The summed E-state index contributed by atoms with van der Waals surface area (Å²) in [7, 11) is 1.36. The fourth-order valence-corrected chi connectivity index (χ4v) is 1.56. The summed E-state index contributed by atoms with van der Waals surface area (Å²) in [6.45, 7) is 0.745. The standard InChI is InChI=1S/C12H16N4O2/c1-18-12(17)11(14-7-8-15-16-13)9-10-5-3-2-4-6-10/h2-6,11,14H,7-9H2,1H3. The van der Waals surface area contributed by atoms with Crippen molar-refractivity contribution in [1.29, 1.82) is 0 Å². The fourth-order valence-electron chi connectivity index (χ4n) is 1.56. The molecule has 0 aliphatic heterocycles. The summed E-state index contributed by atoms with van der Waals surface area (Å²) in [6, 6.07) is 9.24. The van der Waals surface area contributed by atoms with Gasteiger partial charge in [0.1, 0.15) is 6.04 Å². The molecular formula is C12H16N4O2. The first-order chi connectivity index (χ1) is 8.77. The van der Waals surface area contributed by atoms with Crippen LogP contribution in [0.1, 0.15) is 5.56 Å². The topological polar surface area (TPSA) is 87.1 Å². The van der Waals surface area contributed by atoms with E-state index in [1.165, 1.54) is 7.11 Å². The van der Waals surface area contributed by atoms with Crippen molar-refractivity contribution >= 4 is 5.97 Å². The zero-order chi connectivity index (χ0) is 13.2. The molecule has 0 aliphatic rings. The van der Waals surface area contributed by atoms with Crippen molar-refractivity contribution in [3.63, 3.8) is 0 Å². The predicted octanol–water partition coefficient (Wildman–Crippen LogP) is 1.67. The number of nitrogens with zero attached hydrogens (tertiary/aromatic N) is 3. The summed E-state index contributed by atoms with van der Waals surface area (Å²) in [5, 5.41) is 6.42. The Morgan fingerprint density at radius 3 is 2.83 bits per heavy atom. The number of nitrogens with one attached hydrogen (secondary N) is 1. The van der Waals surface area contributed by atoms with Crippen LogP contribution in [-0.2, 0) is 16.0 Å². The van der Waals surface area contributed by atoms with Gasteiger partial charge in [0.25, 0.3) is 0 Å². The van der Waals surface area contributed by atoms with Crippen LogP contribution in [0.3, 0.4) is 0 Å². The number of azide groups is 1. The maximum absolute atomic E-state index is 11.6. The maximum atomic E-state index is 11.6. The summed E-state index contributed by atoms with van der Waals surface area (Å²) in [5.74, 6) is -0.320. The molecule has 1 atom stereocenters. The number of methoxy groups -OCH3 is 1. The van der Waals surface area contributed by atoms with E-state index in [1.54, 1.807) is 0 Å². The summed E-state index contributed by atoms with van der Waals surface area (Å²) in [4.78, 5) is 14.2. The molecule has 1 rings (SSSR count). The Morgan fingerprint density at radius 2 is 2.22 bits per heavy atom. The van der Waals surface area contributed by atoms with Crippen LogP contribution in [-0.4, -0.2) is 32.2 Å². The lowest BCUT2D eigenvalue weighted by molar-refractivity contribution is -0.143. The van der Waals surface area contributed by atoms with Crippen LogP contribution >= 0.6 is 0 Å². The van der Waals surface area contributed by atoms with Gasteiger partial charge in [-0.2, -0.15) is 0 Å². The van der Waals surface area contributed by atoms with E-state index >= 15 is 0 Å². The molecule has 0 spiro atoms. The quantitative estimate of drug-likeness (QED) is 0.262. The van der Waals surface area contributed by atoms with Crippen LogP contribution in [0, 0.1) is 0 Å². The van der Waals surface area contributed by atoms with Gasteiger partial charge in [-0.05, 0) is 17.5 Å². The van der Waals surface area contributed by atoms with Gasteiger partial charge in [0.15, 0.2) is 0 Å². The number of carbonyl (C=O) groups excluding carboxylic acids is 1. The highest BCUT2D eigenvalue weighted by molar-refractivity contribution is 5.76. The second kappa shape index (κ2) is 8.11. The molecule has 1 aromatic carbocycles. The van der Waals surface area contributed by atoms with E-state index < -0.39 is 6.04 Å². The Labute approximate surface area is 106 Å². The first kappa shape index (κ1) is 14.0. The van der Waals surface area contributed by atoms with E-state index in [9.17, 15) is 4.79 Å². The third-order valence-electron chi connectivity index (χ3n) is 2.43. The largest absolute Gasteiger partial charge is 0.468 e. The highest BCUT2D eigenvalue weighted by Crippen LogP contribution is 2.04. The van der Waals surface area contributed by atoms with Crippen molar-refractivity contribution in [3.05, 3.63) is 46.3 Å². The summed E-state index contributed by atoms with van der Waals surface area (Å²) >= 11 is 0. The van der Waals surface area contributed by atoms with E-state index in [4.69, 9.17) is 10.3 Å². The predicted molar refractivity (Wildman–Crippen MR) is 68.0 cm³/mol. The maximum Gasteiger partial charge on any atom is 0.323 e. The third-order valence-corrected chi connectivity index (χ3v) is 2.43. The molecule has 0 amide bonds. The van der Waals surface area contributed by atoms with Gasteiger partial charge in [-0.1, -0.05) is 35.4 Å². The average Bonchev–Trinajstić information content (AvgIpc) is 2.42. The first-order valence-electron chi connectivity index (χ1n) is 5.64. The molecule has 96 valence electrons. The van der Waals surface area contributed by atoms with Crippen molar-refractivity contribution < 1.29 is 9.53 Å². The molecule has 0 radical (unpaired) electrons. The van der Waals surface area contributed by atoms with Gasteiger partial charge < -0.3 is 10.1 Å². The van der Waals surface area contributed by atoms with E-state index in [2.05, 4.69) is 15.3 Å². The lowest BCUT2D eigenvalue weighted by atomic mass is 10.1. The zero-order valence-corrected chi connectivity index (χ0v) is 10.2. The Morgan fingerprint density at radius 1 is 1.50 bits per heavy atom. The van der Waals surface area contributed by atoms with Crippen LogP contribution in [0.15, 0.2) is 35.4 Å². The summed E-state index contributed by atoms with van der Waals surface area (Å²) in [5.41, 5.74) is 9.21. The molecule has 6 nitrogen and oxygen atoms in total. The number of carbonyl (C=O) groups is 1. The molecule has 0 heterocycles. The number of hydrogen-bond donors (Lipinski definition) is 1. The van der Waals surface area contributed by atoms with E-state index in [0.29, 0.717) is 19.5 Å². The van der Waals surface area contributed by atoms with Gasteiger partial charge in [-0.15, -0.1) is 0 Å². The molecular weight excluding hydrogens is 232 g/mol. The lowest BCUT2D eigenvalue weighted by Crippen LogP contribution is -2.40. The molecule has 0 aromatic heterocycles. The molecule has 0 bridgehead atoms. The van der Waals surface area contributed by atoms with Crippen molar-refractivity contribution in [1.82, 2.24) is 5.32 Å². The molecule has 1 N–H and O–H groups in total. The minimum Gasteiger partial charge on any atom is -0.468 e. The smallest absolute Gasteiger partial charge is 0.323 e. The van der Waals surface area contributed by atoms with Gasteiger partial charge in [0.2, 0.25) is 0 Å². The van der Waals surface area contributed by atoms with Crippen LogP contribution in [0.5, 0.6) is 0 Å². The van der Waals surface area contributed by atoms with Crippen molar-refractivity contribution in [2.45, 2.75) is 12.5 Å². The van der Waals surface area contributed by atoms with E-state index in [-0.39, 0.29) is 5.97 Å². The van der Waals surface area contributed by atoms with Crippen LogP contribution in [0.4, 0.5) is 0 Å². The summed E-state index contributed by atoms with van der Waals surface area (Å²) < 4.78 is 4.74. The highest BCUT2D eigenvalue weighted by atomic mass is 16.5. The second-order valence-electron chi connectivity index (χ2n) is 3.67. The van der Waals surface area contributed by atoms with E-state index in [0.717, 1.165) is 5.56 Å². The molecule has 1 unspecified atom stereocenters. The monoisotopic (exact) mass is 248 g/mol. The second-order valence-corrected chi connectivity index (χ2v) is 3.67. The Bertz CT molecular complexity index is 415. The number of hydrogen-bond acceptors (Lipinski definition) is 4. The molecule has 0 saturated heterocycles. The Kier molecular flexibility index (Phi) is 6.32. The average molecular weight is 248 g/mol. The zero-order valence-electron chi connectivity index (χ0n) is 10.2. The van der Waals surface area contributed by atoms with Crippen LogP contribution in [0.2, 0.25) is 0 Å². The Hall–Kier alpha value is -2.04. The number of ether oxygens (including phenoxy) is 1. The molecule has 0 fully saturated rings. The van der Waals surface area contributed by atoms with Crippen molar-refractivity contribution in [2.24, 2.45) is 5.11 Å². The third kappa shape index (κ3) is 4.86. The van der Waals surface area contributed by atoms with Gasteiger partial charge in [0, 0.05) is 18.0 Å². The van der Waals surface area contributed by atoms with Crippen LogP contribution in [0.25, 0.3) is 10.4 Å². The van der Waals surface area contributed by atoms with Crippen LogP contribution < -0.4 is 5.32 Å². The van der Waals surface area contributed by atoms with Gasteiger partial charge >= 0.3 is 5.97 Å². The van der Waals surface area contributed by atoms with Gasteiger partial charge in [-0.25, -0.2) is 0 Å². The fraction of sp³-hybridized carbons (Fsp3) is 0.417. The Balaban J connectivity index is 2.55. The molecule has 0 saturated carbocycles. The molecule has 18 heavy (non-hydrogen) atoms. The molecule has 1 aromatic rings. The minimum absolute atomic E-state index is 0.304. The molecule has 0 aliphatic carbocycles. The lowest BCUT2D eigenvalue weighted by Gasteiger charge is -2.15. The highest BCUT2D eigenvalue weighted by Gasteiger charge is 2.18. The van der Waals surface area contributed by atoms with Gasteiger partial charge in [0.05, 0.1) is 7.11 Å². The summed E-state index contributed by atoms with van der Waals surface area (Å²) in [6.07, 6.45) is 0.545. The normalized spacial score (nSPS) is 11.4. The number of rotatable bonds is 7. The number of esters is 1. The minimum atomic E-state index is -0.425.